The summed E-state index contributed by atoms with van der Waals surface area (Å²) >= 11 is 0. The van der Waals surface area contributed by atoms with Gasteiger partial charge in [-0.25, -0.2) is 0 Å². The van der Waals surface area contributed by atoms with Crippen molar-refractivity contribution in [3.63, 3.8) is 0 Å². The van der Waals surface area contributed by atoms with E-state index in [1.54, 1.807) is 23.7 Å². The molecule has 4 aromatic rings. The van der Waals surface area contributed by atoms with Crippen molar-refractivity contribution in [3.8, 4) is 0 Å². The number of aryl methyl sites for hydroxylation is 3. The van der Waals surface area contributed by atoms with E-state index in [0.717, 1.165) is 30.7 Å². The fourth-order valence-electron chi connectivity index (χ4n) is 5.72. The summed E-state index contributed by atoms with van der Waals surface area (Å²) in [7, 11) is 1.76. The summed E-state index contributed by atoms with van der Waals surface area (Å²) in [5.41, 5.74) is 7.32. The number of anilines is 1. The average Bonchev–Trinajstić information content (AvgIpc) is 2.93. The van der Waals surface area contributed by atoms with Crippen molar-refractivity contribution in [1.82, 2.24) is 14.5 Å². The van der Waals surface area contributed by atoms with Gasteiger partial charge in [-0.05, 0) is 50.5 Å². The van der Waals surface area contributed by atoms with Crippen molar-refractivity contribution in [3.05, 3.63) is 111 Å². The zero-order valence-electron chi connectivity index (χ0n) is 22.8. The second kappa shape index (κ2) is 10.4. The predicted octanol–water partition coefficient (Wildman–Crippen LogP) is 6.18. The van der Waals surface area contributed by atoms with Gasteiger partial charge in [0.05, 0.1) is 17.2 Å². The highest BCUT2D eigenvalue weighted by atomic mass is 16.1. The highest BCUT2D eigenvalue weighted by Crippen LogP contribution is 2.37. The fourth-order valence-corrected chi connectivity index (χ4v) is 5.72. The molecule has 194 valence electrons. The van der Waals surface area contributed by atoms with Gasteiger partial charge in [-0.3, -0.25) is 9.69 Å². The lowest BCUT2D eigenvalue weighted by Gasteiger charge is -2.49. The molecule has 0 radical (unpaired) electrons. The molecule has 5 rings (SSSR count). The van der Waals surface area contributed by atoms with Crippen molar-refractivity contribution in [2.75, 3.05) is 18.0 Å². The fraction of sp³-hybridized carbons (Fsp3) is 0.344. The Morgan fingerprint density at radius 1 is 0.974 bits per heavy atom. The minimum Gasteiger partial charge on any atom is -0.362 e. The number of hydrogen-bond donors (Lipinski definition) is 0. The van der Waals surface area contributed by atoms with E-state index in [1.165, 1.54) is 22.3 Å². The van der Waals surface area contributed by atoms with Gasteiger partial charge in [-0.1, -0.05) is 73.2 Å². The van der Waals surface area contributed by atoms with Gasteiger partial charge in [0, 0.05) is 38.3 Å². The number of rotatable bonds is 5. The van der Waals surface area contributed by atoms with Crippen LogP contribution in [0.25, 0.3) is 15.9 Å². The van der Waals surface area contributed by atoms with Crippen molar-refractivity contribution in [2.45, 2.75) is 52.2 Å². The zero-order valence-corrected chi connectivity index (χ0v) is 22.8. The van der Waals surface area contributed by atoms with Gasteiger partial charge in [0.1, 0.15) is 0 Å². The zero-order chi connectivity index (χ0) is 27.0. The third kappa shape index (κ3) is 4.70. The molecule has 6 heteroatoms. The van der Waals surface area contributed by atoms with Gasteiger partial charge < -0.3 is 14.3 Å². The van der Waals surface area contributed by atoms with Crippen LogP contribution in [0, 0.1) is 20.4 Å². The second-order valence-electron chi connectivity index (χ2n) is 10.6. The minimum absolute atomic E-state index is 0.0630. The van der Waals surface area contributed by atoms with Crippen LogP contribution in [0.3, 0.4) is 0 Å². The third-order valence-corrected chi connectivity index (χ3v) is 7.96. The molecule has 0 bridgehead atoms. The first kappa shape index (κ1) is 25.7. The van der Waals surface area contributed by atoms with Crippen molar-refractivity contribution in [2.24, 2.45) is 7.05 Å². The second-order valence-corrected chi connectivity index (χ2v) is 10.6. The van der Waals surface area contributed by atoms with Gasteiger partial charge in [0.15, 0.2) is 0 Å². The summed E-state index contributed by atoms with van der Waals surface area (Å²) in [5.74, 6) is 0.343. The predicted molar refractivity (Wildman–Crippen MR) is 155 cm³/mol. The number of benzene rings is 2. The van der Waals surface area contributed by atoms with Crippen LogP contribution < -0.4 is 10.5 Å². The molecule has 0 saturated carbocycles. The van der Waals surface area contributed by atoms with E-state index < -0.39 is 0 Å². The molecule has 1 saturated heterocycles. The Kier molecular flexibility index (Phi) is 7.05. The molecule has 1 fully saturated rings. The normalized spacial score (nSPS) is 18.2. The molecule has 0 N–H and O–H groups in total. The SMILES string of the molecule is [C-]#[N+]c1ccc2c(n1)c(N1C[C@@H](C)N(C(c3ccc(C)cc3)c3ccc(C)cc3)C[C@@H]1CC)cc(=O)n2C. The summed E-state index contributed by atoms with van der Waals surface area (Å²) in [4.78, 5) is 26.1. The standard InChI is InChI=1S/C32H35N5O/c1-7-26-20-36(32(24-12-8-21(2)9-13-24)25-14-10-22(3)11-15-25)23(4)19-37(26)28-18-30(38)35(6)27-16-17-29(33-5)34-31(27)28/h8-18,23,26,32H,7,19-20H2,1-4,6H3/t23-,26+/m1/s1. The number of pyridine rings is 2. The van der Waals surface area contributed by atoms with Crippen LogP contribution in [0.5, 0.6) is 0 Å². The summed E-state index contributed by atoms with van der Waals surface area (Å²) in [6.07, 6.45) is 0.928. The molecule has 0 aliphatic carbocycles. The molecule has 0 amide bonds. The smallest absolute Gasteiger partial charge is 0.270 e. The van der Waals surface area contributed by atoms with Gasteiger partial charge in [-0.2, -0.15) is 0 Å². The van der Waals surface area contributed by atoms with Crippen molar-refractivity contribution < 1.29 is 0 Å². The van der Waals surface area contributed by atoms with E-state index in [2.05, 4.69) is 95.9 Å². The maximum Gasteiger partial charge on any atom is 0.270 e. The molecule has 2 atom stereocenters. The lowest BCUT2D eigenvalue weighted by Crippen LogP contribution is -2.58. The van der Waals surface area contributed by atoms with Crippen LogP contribution >= 0.6 is 0 Å². The number of piperazine rings is 1. The van der Waals surface area contributed by atoms with Crippen molar-refractivity contribution >= 4 is 22.5 Å². The Labute approximate surface area is 225 Å². The first-order chi connectivity index (χ1) is 18.3. The Morgan fingerprint density at radius 3 is 2.13 bits per heavy atom. The van der Waals surface area contributed by atoms with E-state index in [0.29, 0.717) is 11.3 Å². The van der Waals surface area contributed by atoms with Crippen LogP contribution in [0.15, 0.2) is 71.5 Å². The van der Waals surface area contributed by atoms with Crippen LogP contribution in [-0.4, -0.2) is 39.6 Å². The van der Waals surface area contributed by atoms with Crippen molar-refractivity contribution in [1.29, 1.82) is 0 Å². The molecule has 0 unspecified atom stereocenters. The maximum atomic E-state index is 13.0. The summed E-state index contributed by atoms with van der Waals surface area (Å²) in [6, 6.07) is 23.6. The average molecular weight is 506 g/mol. The van der Waals surface area contributed by atoms with Crippen LogP contribution in [0.4, 0.5) is 11.5 Å². The lowest BCUT2D eigenvalue weighted by molar-refractivity contribution is 0.124. The molecule has 1 aliphatic heterocycles. The number of nitrogens with zero attached hydrogens (tertiary/aromatic N) is 5. The Bertz CT molecular complexity index is 1500. The molecule has 3 heterocycles. The Hall–Kier alpha value is -3.95. The lowest BCUT2D eigenvalue weighted by atomic mass is 9.92. The van der Waals surface area contributed by atoms with Gasteiger partial charge in [-0.15, -0.1) is 4.98 Å². The van der Waals surface area contributed by atoms with Crippen LogP contribution in [0.1, 0.15) is 48.6 Å². The molecule has 38 heavy (non-hydrogen) atoms. The number of aromatic nitrogens is 2. The Balaban J connectivity index is 1.58. The van der Waals surface area contributed by atoms with E-state index in [-0.39, 0.29) is 23.7 Å². The highest BCUT2D eigenvalue weighted by molar-refractivity contribution is 5.89. The van der Waals surface area contributed by atoms with E-state index in [4.69, 9.17) is 6.57 Å². The topological polar surface area (TPSA) is 45.7 Å². The summed E-state index contributed by atoms with van der Waals surface area (Å²) in [6.45, 7) is 17.8. The van der Waals surface area contributed by atoms with Gasteiger partial charge in [0.2, 0.25) is 5.52 Å². The van der Waals surface area contributed by atoms with E-state index >= 15 is 0 Å². The summed E-state index contributed by atoms with van der Waals surface area (Å²) in [5, 5.41) is 0. The van der Waals surface area contributed by atoms with Gasteiger partial charge >= 0.3 is 0 Å². The molecular formula is C32H35N5O. The first-order valence-electron chi connectivity index (χ1n) is 13.3. The number of hydrogen-bond acceptors (Lipinski definition) is 4. The Morgan fingerprint density at radius 2 is 1.58 bits per heavy atom. The maximum absolute atomic E-state index is 13.0. The van der Waals surface area contributed by atoms with Crippen LogP contribution in [0.2, 0.25) is 0 Å². The minimum atomic E-state index is -0.0630. The molecule has 0 spiro atoms. The quantitative estimate of drug-likeness (QED) is 0.304. The largest absolute Gasteiger partial charge is 0.362 e. The van der Waals surface area contributed by atoms with Gasteiger partial charge in [0.25, 0.3) is 11.4 Å². The first-order valence-corrected chi connectivity index (χ1v) is 13.3. The molecular weight excluding hydrogens is 470 g/mol. The molecule has 1 aliphatic rings. The number of fused-ring (bicyclic) bond motifs is 1. The third-order valence-electron chi connectivity index (χ3n) is 7.96. The molecule has 6 nitrogen and oxygen atoms in total. The highest BCUT2D eigenvalue weighted by Gasteiger charge is 2.37. The monoisotopic (exact) mass is 505 g/mol. The van der Waals surface area contributed by atoms with E-state index in [9.17, 15) is 4.79 Å². The van der Waals surface area contributed by atoms with E-state index in [1.807, 2.05) is 6.07 Å². The van der Waals surface area contributed by atoms with Crippen LogP contribution in [-0.2, 0) is 7.05 Å². The summed E-state index contributed by atoms with van der Waals surface area (Å²) < 4.78 is 1.62. The molecule has 2 aromatic heterocycles. The molecule has 2 aromatic carbocycles.